The summed E-state index contributed by atoms with van der Waals surface area (Å²) < 4.78 is 5.18. The summed E-state index contributed by atoms with van der Waals surface area (Å²) in [6, 6.07) is 12.0. The lowest BCUT2D eigenvalue weighted by Crippen LogP contribution is -2.29. The monoisotopic (exact) mass is 411 g/mol. The maximum Gasteiger partial charge on any atom is 0.271 e. The topological polar surface area (TPSA) is 109 Å². The minimum absolute atomic E-state index is 0.0750. The van der Waals surface area contributed by atoms with Crippen LogP contribution in [0.5, 0.6) is 5.75 Å². The van der Waals surface area contributed by atoms with Crippen molar-refractivity contribution in [2.75, 3.05) is 18.2 Å². The molecule has 0 saturated carbocycles. The average molecular weight is 411 g/mol. The van der Waals surface area contributed by atoms with Crippen LogP contribution in [0.2, 0.25) is 0 Å². The summed E-state index contributed by atoms with van der Waals surface area (Å²) >= 11 is 1.26. The number of hydrogen-bond donors (Lipinski definition) is 1. The number of fused-ring (bicyclic) bond motifs is 3. The number of amidine groups is 1. The van der Waals surface area contributed by atoms with E-state index in [1.54, 1.807) is 0 Å². The van der Waals surface area contributed by atoms with Gasteiger partial charge in [-0.05, 0) is 12.1 Å². The molecule has 0 fully saturated rings. The van der Waals surface area contributed by atoms with Crippen molar-refractivity contribution in [3.05, 3.63) is 58.1 Å². The average Bonchev–Trinajstić information content (AvgIpc) is 3.22. The Labute approximate surface area is 170 Å². The van der Waals surface area contributed by atoms with E-state index in [2.05, 4.69) is 15.4 Å². The maximum absolute atomic E-state index is 12.5. The van der Waals surface area contributed by atoms with Crippen molar-refractivity contribution in [1.82, 2.24) is 5.01 Å². The van der Waals surface area contributed by atoms with Crippen LogP contribution in [0.1, 0.15) is 18.0 Å². The van der Waals surface area contributed by atoms with Crippen LogP contribution in [0, 0.1) is 10.1 Å². The predicted molar refractivity (Wildman–Crippen MR) is 112 cm³/mol. The van der Waals surface area contributed by atoms with Crippen LogP contribution in [0.25, 0.3) is 0 Å². The molecule has 2 aromatic carbocycles. The number of anilines is 1. The Morgan fingerprint density at radius 2 is 2.21 bits per heavy atom. The van der Waals surface area contributed by atoms with Gasteiger partial charge < -0.3 is 10.1 Å². The Kier molecular flexibility index (Phi) is 5.17. The third-order valence-corrected chi connectivity index (χ3v) is 5.48. The first-order chi connectivity index (χ1) is 14.1. The molecule has 4 rings (SSSR count). The van der Waals surface area contributed by atoms with Gasteiger partial charge in [0.25, 0.3) is 5.69 Å². The first-order valence-corrected chi connectivity index (χ1v) is 9.79. The molecular weight excluding hydrogens is 394 g/mol. The number of amides is 1. The van der Waals surface area contributed by atoms with E-state index in [9.17, 15) is 14.9 Å². The van der Waals surface area contributed by atoms with E-state index in [1.807, 2.05) is 35.5 Å². The molecule has 10 heteroatoms. The van der Waals surface area contributed by atoms with Crippen molar-refractivity contribution < 1.29 is 14.5 Å². The third kappa shape index (κ3) is 3.79. The summed E-state index contributed by atoms with van der Waals surface area (Å²) in [4.78, 5) is 27.6. The number of hydrogen-bond acceptors (Lipinski definition) is 8. The first kappa shape index (κ1) is 18.9. The lowest BCUT2D eigenvalue weighted by molar-refractivity contribution is -0.384. The molecule has 2 aromatic rings. The molecule has 1 amide bonds. The van der Waals surface area contributed by atoms with Crippen LogP contribution in [0.15, 0.2) is 52.6 Å². The molecule has 0 aliphatic carbocycles. The van der Waals surface area contributed by atoms with Crippen molar-refractivity contribution in [3.63, 3.8) is 0 Å². The molecule has 148 valence electrons. The van der Waals surface area contributed by atoms with Crippen LogP contribution in [-0.2, 0) is 4.79 Å². The minimum Gasteiger partial charge on any atom is -0.495 e. The Balaban J connectivity index is 1.48. The highest BCUT2D eigenvalue weighted by molar-refractivity contribution is 8.14. The molecule has 1 atom stereocenters. The fourth-order valence-corrected chi connectivity index (χ4v) is 4.01. The van der Waals surface area contributed by atoms with Gasteiger partial charge in [0.15, 0.2) is 5.17 Å². The molecule has 0 saturated heterocycles. The first-order valence-electron chi connectivity index (χ1n) is 8.81. The fraction of sp³-hybridized carbons (Fsp3) is 0.211. The van der Waals surface area contributed by atoms with Gasteiger partial charge in [-0.2, -0.15) is 5.10 Å². The van der Waals surface area contributed by atoms with Crippen molar-refractivity contribution in [2.45, 2.75) is 12.5 Å². The van der Waals surface area contributed by atoms with Crippen molar-refractivity contribution >= 4 is 46.1 Å². The molecule has 29 heavy (non-hydrogen) atoms. The van der Waals surface area contributed by atoms with E-state index in [0.717, 1.165) is 17.7 Å². The molecule has 0 aromatic heterocycles. The molecule has 2 aliphatic rings. The SMILES string of the molecule is COc1ccc([N+](=O)[O-])cc1NC(=O)CSC1=Nc2ccccc2C2CC=NN12. The summed E-state index contributed by atoms with van der Waals surface area (Å²) in [6.07, 6.45) is 2.63. The van der Waals surface area contributed by atoms with Gasteiger partial charge in [-0.1, -0.05) is 30.0 Å². The lowest BCUT2D eigenvalue weighted by Gasteiger charge is -2.29. The second-order valence-corrected chi connectivity index (χ2v) is 7.27. The second-order valence-electron chi connectivity index (χ2n) is 6.33. The van der Waals surface area contributed by atoms with E-state index in [1.165, 1.54) is 37.1 Å². The number of thioether (sulfide) groups is 1. The number of ether oxygens (including phenoxy) is 1. The quantitative estimate of drug-likeness (QED) is 0.593. The van der Waals surface area contributed by atoms with E-state index in [0.29, 0.717) is 10.9 Å². The second kappa shape index (κ2) is 7.92. The summed E-state index contributed by atoms with van der Waals surface area (Å²) in [5, 5.41) is 20.5. The van der Waals surface area contributed by atoms with Gasteiger partial charge in [-0.25, -0.2) is 10.0 Å². The number of nitrogens with one attached hydrogen (secondary N) is 1. The summed E-state index contributed by atoms with van der Waals surface area (Å²) in [6.45, 7) is 0. The standard InChI is InChI=1S/C19H17N5O4S/c1-28-17-7-6-12(24(26)27)10-15(17)21-18(25)11-29-19-22-14-5-3-2-4-13(14)16-8-9-20-23(16)19/h2-7,9-10,16H,8,11H2,1H3,(H,21,25). The zero-order chi connectivity index (χ0) is 20.4. The molecule has 0 radical (unpaired) electrons. The van der Waals surface area contributed by atoms with Gasteiger partial charge in [-0.15, -0.1) is 0 Å². The highest BCUT2D eigenvalue weighted by atomic mass is 32.2. The lowest BCUT2D eigenvalue weighted by atomic mass is 10.0. The zero-order valence-corrected chi connectivity index (χ0v) is 16.3. The number of benzene rings is 2. The van der Waals surface area contributed by atoms with Crippen LogP contribution in [0.4, 0.5) is 17.1 Å². The Bertz CT molecular complexity index is 1040. The molecule has 1 N–H and O–H groups in total. The third-order valence-electron chi connectivity index (χ3n) is 4.54. The number of non-ortho nitro benzene ring substituents is 1. The van der Waals surface area contributed by atoms with Crippen molar-refractivity contribution in [3.8, 4) is 5.75 Å². The molecular formula is C19H17N5O4S. The Hall–Kier alpha value is -3.40. The summed E-state index contributed by atoms with van der Waals surface area (Å²) in [7, 11) is 1.44. The summed E-state index contributed by atoms with van der Waals surface area (Å²) in [5.74, 6) is 0.100. The number of rotatable bonds is 5. The van der Waals surface area contributed by atoms with Gasteiger partial charge in [-0.3, -0.25) is 14.9 Å². The number of hydrazone groups is 1. The maximum atomic E-state index is 12.5. The van der Waals surface area contributed by atoms with Crippen LogP contribution in [0.3, 0.4) is 0 Å². The number of aliphatic imine (C=N–C) groups is 1. The van der Waals surface area contributed by atoms with E-state index >= 15 is 0 Å². The normalized spacial score (nSPS) is 16.7. The van der Waals surface area contributed by atoms with Gasteiger partial charge in [0.05, 0.1) is 35.2 Å². The van der Waals surface area contributed by atoms with Gasteiger partial charge >= 0.3 is 0 Å². The van der Waals surface area contributed by atoms with E-state index in [4.69, 9.17) is 4.74 Å². The predicted octanol–water partition coefficient (Wildman–Crippen LogP) is 3.71. The Morgan fingerprint density at radius 3 is 3.00 bits per heavy atom. The zero-order valence-electron chi connectivity index (χ0n) is 15.4. The number of carbonyl (C=O) groups is 1. The van der Waals surface area contributed by atoms with Crippen LogP contribution < -0.4 is 10.1 Å². The van der Waals surface area contributed by atoms with Crippen molar-refractivity contribution in [2.24, 2.45) is 10.1 Å². The number of nitro groups is 1. The molecule has 9 nitrogen and oxygen atoms in total. The van der Waals surface area contributed by atoms with Gasteiger partial charge in [0.1, 0.15) is 5.75 Å². The van der Waals surface area contributed by atoms with E-state index < -0.39 is 4.92 Å². The highest BCUT2D eigenvalue weighted by Crippen LogP contribution is 2.40. The Morgan fingerprint density at radius 1 is 1.38 bits per heavy atom. The number of nitro benzene ring substituents is 1. The molecule has 2 heterocycles. The number of para-hydroxylation sites is 1. The number of carbonyl (C=O) groups excluding carboxylic acids is 1. The van der Waals surface area contributed by atoms with Crippen LogP contribution in [-0.4, -0.2) is 40.1 Å². The van der Waals surface area contributed by atoms with Gasteiger partial charge in [0.2, 0.25) is 5.91 Å². The number of methoxy groups -OCH3 is 1. The fourth-order valence-electron chi connectivity index (χ4n) is 3.20. The smallest absolute Gasteiger partial charge is 0.271 e. The van der Waals surface area contributed by atoms with E-state index in [-0.39, 0.29) is 29.1 Å². The van der Waals surface area contributed by atoms with Gasteiger partial charge in [0, 0.05) is 30.3 Å². The molecule has 0 bridgehead atoms. The molecule has 1 unspecified atom stereocenters. The molecule has 0 spiro atoms. The minimum atomic E-state index is -0.524. The van der Waals surface area contributed by atoms with Crippen molar-refractivity contribution in [1.29, 1.82) is 0 Å². The largest absolute Gasteiger partial charge is 0.495 e. The number of nitrogens with zero attached hydrogens (tertiary/aromatic N) is 4. The van der Waals surface area contributed by atoms with Crippen LogP contribution >= 0.6 is 11.8 Å². The summed E-state index contributed by atoms with van der Waals surface area (Å²) in [5.41, 5.74) is 2.11. The molecule has 2 aliphatic heterocycles. The highest BCUT2D eigenvalue weighted by Gasteiger charge is 2.32.